The molecule has 22 heavy (non-hydrogen) atoms. The zero-order valence-electron chi connectivity index (χ0n) is 11.9. The van der Waals surface area contributed by atoms with E-state index in [1.165, 1.54) is 17.4 Å². The van der Waals surface area contributed by atoms with E-state index in [0.717, 1.165) is 21.7 Å². The predicted octanol–water partition coefficient (Wildman–Crippen LogP) is 4.66. The molecule has 0 aliphatic rings. The van der Waals surface area contributed by atoms with Crippen LogP contribution < -0.4 is 5.32 Å². The van der Waals surface area contributed by atoms with Crippen molar-refractivity contribution in [2.75, 3.05) is 5.32 Å². The van der Waals surface area contributed by atoms with Crippen LogP contribution in [0.5, 0.6) is 0 Å². The molecule has 1 heterocycles. The van der Waals surface area contributed by atoms with Crippen molar-refractivity contribution >= 4 is 17.0 Å². The number of benzene rings is 2. The molecule has 0 atom stereocenters. The summed E-state index contributed by atoms with van der Waals surface area (Å²) >= 11 is 1.53. The summed E-state index contributed by atoms with van der Waals surface area (Å²) in [5.74, 6) is -0.200. The lowest BCUT2D eigenvalue weighted by Gasteiger charge is -2.09. The molecular weight excluding hydrogens is 297 g/mol. The van der Waals surface area contributed by atoms with Gasteiger partial charge in [-0.1, -0.05) is 24.3 Å². The molecule has 0 aliphatic carbocycles. The maximum Gasteiger partial charge on any atom is 0.131 e. The van der Waals surface area contributed by atoms with Crippen molar-refractivity contribution in [2.24, 2.45) is 0 Å². The number of anilines is 1. The molecule has 0 fully saturated rings. The van der Waals surface area contributed by atoms with Gasteiger partial charge in [-0.2, -0.15) is 0 Å². The Bertz CT molecular complexity index is 756. The summed E-state index contributed by atoms with van der Waals surface area (Å²) in [5.41, 5.74) is 3.45. The molecule has 112 valence electrons. The summed E-state index contributed by atoms with van der Waals surface area (Å²) in [4.78, 5) is 0.932. The standard InChI is InChI=1S/C18H16FNOS/c19-17-7-6-13(10-16(17)18-5-2-8-22-18)11-20-15-4-1-3-14(9-15)12-21/h1-10,20-21H,11-12H2. The molecule has 2 aromatic carbocycles. The van der Waals surface area contributed by atoms with Gasteiger partial charge in [0.25, 0.3) is 0 Å². The Morgan fingerprint density at radius 1 is 1.00 bits per heavy atom. The van der Waals surface area contributed by atoms with E-state index in [-0.39, 0.29) is 12.4 Å². The number of rotatable bonds is 5. The van der Waals surface area contributed by atoms with E-state index >= 15 is 0 Å². The van der Waals surface area contributed by atoms with E-state index in [2.05, 4.69) is 5.32 Å². The second-order valence-corrected chi connectivity index (χ2v) is 5.95. The fourth-order valence-corrected chi connectivity index (χ4v) is 3.03. The van der Waals surface area contributed by atoms with Gasteiger partial charge in [0.1, 0.15) is 5.82 Å². The third kappa shape index (κ3) is 3.35. The number of aliphatic hydroxyl groups excluding tert-OH is 1. The SMILES string of the molecule is OCc1cccc(NCc2ccc(F)c(-c3cccs3)c2)c1. The minimum atomic E-state index is -0.200. The van der Waals surface area contributed by atoms with Crippen molar-refractivity contribution in [1.82, 2.24) is 0 Å². The lowest BCUT2D eigenvalue weighted by molar-refractivity contribution is 0.282. The monoisotopic (exact) mass is 313 g/mol. The summed E-state index contributed by atoms with van der Waals surface area (Å²) in [5, 5.41) is 14.4. The highest BCUT2D eigenvalue weighted by Gasteiger charge is 2.07. The van der Waals surface area contributed by atoms with Crippen LogP contribution in [-0.2, 0) is 13.2 Å². The molecule has 3 rings (SSSR count). The molecule has 0 unspecified atom stereocenters. The molecule has 0 bridgehead atoms. The Labute approximate surface area is 132 Å². The van der Waals surface area contributed by atoms with Crippen molar-refractivity contribution < 1.29 is 9.50 Å². The maximum atomic E-state index is 14.0. The van der Waals surface area contributed by atoms with Crippen molar-refractivity contribution in [3.05, 3.63) is 76.9 Å². The van der Waals surface area contributed by atoms with Gasteiger partial charge in [-0.05, 0) is 46.8 Å². The van der Waals surface area contributed by atoms with E-state index in [9.17, 15) is 4.39 Å². The van der Waals surface area contributed by atoms with Crippen LogP contribution in [0.1, 0.15) is 11.1 Å². The molecule has 0 saturated carbocycles. The first kappa shape index (κ1) is 14.8. The van der Waals surface area contributed by atoms with Gasteiger partial charge < -0.3 is 10.4 Å². The molecule has 3 aromatic rings. The van der Waals surface area contributed by atoms with Gasteiger partial charge >= 0.3 is 0 Å². The van der Waals surface area contributed by atoms with E-state index in [1.807, 2.05) is 47.8 Å². The molecule has 0 spiro atoms. The van der Waals surface area contributed by atoms with Gasteiger partial charge in [0.2, 0.25) is 0 Å². The van der Waals surface area contributed by atoms with Gasteiger partial charge in [-0.15, -0.1) is 11.3 Å². The number of hydrogen-bond donors (Lipinski definition) is 2. The average molecular weight is 313 g/mol. The largest absolute Gasteiger partial charge is 0.392 e. The van der Waals surface area contributed by atoms with Gasteiger partial charge in [-0.3, -0.25) is 0 Å². The first-order valence-electron chi connectivity index (χ1n) is 7.02. The second-order valence-electron chi connectivity index (χ2n) is 5.00. The molecule has 0 radical (unpaired) electrons. The van der Waals surface area contributed by atoms with Gasteiger partial charge in [0, 0.05) is 22.7 Å². The highest BCUT2D eigenvalue weighted by molar-refractivity contribution is 7.13. The van der Waals surface area contributed by atoms with E-state index in [0.29, 0.717) is 12.1 Å². The maximum absolute atomic E-state index is 14.0. The quantitative estimate of drug-likeness (QED) is 0.718. The predicted molar refractivity (Wildman–Crippen MR) is 89.4 cm³/mol. The first-order valence-corrected chi connectivity index (χ1v) is 7.90. The Hall–Kier alpha value is -2.17. The van der Waals surface area contributed by atoms with Crippen LogP contribution in [-0.4, -0.2) is 5.11 Å². The van der Waals surface area contributed by atoms with E-state index in [1.54, 1.807) is 6.07 Å². The van der Waals surface area contributed by atoms with Gasteiger partial charge in [0.15, 0.2) is 0 Å². The van der Waals surface area contributed by atoms with Gasteiger partial charge in [0.05, 0.1) is 6.61 Å². The minimum Gasteiger partial charge on any atom is -0.392 e. The molecule has 0 saturated heterocycles. The lowest BCUT2D eigenvalue weighted by atomic mass is 10.1. The van der Waals surface area contributed by atoms with Crippen LogP contribution in [0.3, 0.4) is 0 Å². The molecule has 0 aliphatic heterocycles. The molecule has 4 heteroatoms. The molecule has 0 amide bonds. The lowest BCUT2D eigenvalue weighted by Crippen LogP contribution is -2.00. The van der Waals surface area contributed by atoms with Crippen molar-refractivity contribution in [3.63, 3.8) is 0 Å². The average Bonchev–Trinajstić information content (AvgIpc) is 3.08. The van der Waals surface area contributed by atoms with E-state index in [4.69, 9.17) is 5.11 Å². The van der Waals surface area contributed by atoms with Crippen molar-refractivity contribution in [2.45, 2.75) is 13.2 Å². The Morgan fingerprint density at radius 2 is 1.91 bits per heavy atom. The van der Waals surface area contributed by atoms with Gasteiger partial charge in [-0.25, -0.2) is 4.39 Å². The van der Waals surface area contributed by atoms with Crippen LogP contribution in [0.25, 0.3) is 10.4 Å². The summed E-state index contributed by atoms with van der Waals surface area (Å²) in [7, 11) is 0. The van der Waals surface area contributed by atoms with Crippen LogP contribution in [0.4, 0.5) is 10.1 Å². The zero-order chi connectivity index (χ0) is 15.4. The number of halogens is 1. The topological polar surface area (TPSA) is 32.3 Å². The van der Waals surface area contributed by atoms with Crippen LogP contribution >= 0.6 is 11.3 Å². The summed E-state index contributed by atoms with van der Waals surface area (Å²) in [6, 6.07) is 16.6. The summed E-state index contributed by atoms with van der Waals surface area (Å²) in [6.45, 7) is 0.627. The number of hydrogen-bond acceptors (Lipinski definition) is 3. The number of thiophene rings is 1. The Kier molecular flexibility index (Phi) is 4.51. The van der Waals surface area contributed by atoms with Crippen molar-refractivity contribution in [1.29, 1.82) is 0 Å². The van der Waals surface area contributed by atoms with Crippen LogP contribution in [0.2, 0.25) is 0 Å². The normalized spacial score (nSPS) is 10.6. The Balaban J connectivity index is 1.77. The zero-order valence-corrected chi connectivity index (χ0v) is 12.7. The highest BCUT2D eigenvalue weighted by atomic mass is 32.1. The third-order valence-corrected chi connectivity index (χ3v) is 4.33. The van der Waals surface area contributed by atoms with Crippen LogP contribution in [0.15, 0.2) is 60.0 Å². The van der Waals surface area contributed by atoms with E-state index < -0.39 is 0 Å². The fourth-order valence-electron chi connectivity index (χ4n) is 2.29. The third-order valence-electron chi connectivity index (χ3n) is 3.42. The van der Waals surface area contributed by atoms with Crippen LogP contribution in [0, 0.1) is 5.82 Å². The molecule has 2 nitrogen and oxygen atoms in total. The first-order chi connectivity index (χ1) is 10.8. The number of aliphatic hydroxyl groups is 1. The molecule has 1 aromatic heterocycles. The van der Waals surface area contributed by atoms with Crippen molar-refractivity contribution in [3.8, 4) is 10.4 Å². The Morgan fingerprint density at radius 3 is 2.68 bits per heavy atom. The molecular formula is C18H16FNOS. The summed E-state index contributed by atoms with van der Waals surface area (Å²) in [6.07, 6.45) is 0. The highest BCUT2D eigenvalue weighted by Crippen LogP contribution is 2.28. The minimum absolute atomic E-state index is 0.0224. The molecule has 2 N–H and O–H groups in total. The second kappa shape index (κ2) is 6.73. The fraction of sp³-hybridized carbons (Fsp3) is 0.111. The number of nitrogens with one attached hydrogen (secondary N) is 1. The smallest absolute Gasteiger partial charge is 0.131 e. The summed E-state index contributed by atoms with van der Waals surface area (Å²) < 4.78 is 14.0.